The van der Waals surface area contributed by atoms with E-state index in [1.165, 1.54) is 54.3 Å². The molecule has 3 heterocycles. The molecule has 1 fully saturated rings. The molecule has 1 aromatic heterocycles. The molecule has 4 N–H and O–H groups in total. The minimum Gasteiger partial charge on any atom is -0.543 e. The zero-order valence-corrected chi connectivity index (χ0v) is 26.5. The van der Waals surface area contributed by atoms with Crippen molar-refractivity contribution in [2.24, 2.45) is 10.9 Å². The van der Waals surface area contributed by atoms with Crippen LogP contribution in [0.15, 0.2) is 21.8 Å². The second-order valence-electron chi connectivity index (χ2n) is 7.48. The van der Waals surface area contributed by atoms with Crippen molar-refractivity contribution in [1.82, 2.24) is 9.88 Å². The third-order valence-corrected chi connectivity index (χ3v) is 6.90. The van der Waals surface area contributed by atoms with Crippen molar-refractivity contribution in [3.8, 4) is 0 Å². The Kier molecular flexibility index (Phi) is 12.0. The van der Waals surface area contributed by atoms with Crippen molar-refractivity contribution in [3.63, 3.8) is 0 Å². The maximum absolute atomic E-state index is 11.4. The first-order valence-corrected chi connectivity index (χ1v) is 11.6. The summed E-state index contributed by atoms with van der Waals surface area (Å²) in [6, 6.07) is -0.567. The summed E-state index contributed by atoms with van der Waals surface area (Å²) in [6.45, 7) is 4.52. The number of carboxylic acid groups (broad SMARTS) is 2. The fourth-order valence-electron chi connectivity index (χ4n) is 2.79. The SMILES string of the molecule is CC1=C(C(=O)[O-])N2C(=O)C(N)C2SC1.CNc1nc(/C(=N/OC(C)(C)C(=O)OC)C(=O)O)cs1.[Rb+]. The molecule has 0 radical (unpaired) electrons. The molecular formula is C19H24N5O8RbS2. The number of anilines is 1. The van der Waals surface area contributed by atoms with Crippen LogP contribution in [0.4, 0.5) is 5.13 Å². The van der Waals surface area contributed by atoms with E-state index in [9.17, 15) is 24.3 Å². The number of nitrogens with zero attached hydrogens (tertiary/aromatic N) is 3. The Morgan fingerprint density at radius 1 is 1.40 bits per heavy atom. The van der Waals surface area contributed by atoms with Crippen LogP contribution in [0.3, 0.4) is 0 Å². The van der Waals surface area contributed by atoms with Crippen molar-refractivity contribution in [1.29, 1.82) is 0 Å². The van der Waals surface area contributed by atoms with Crippen LogP contribution in [0.5, 0.6) is 0 Å². The van der Waals surface area contributed by atoms with E-state index in [2.05, 4.69) is 20.2 Å². The van der Waals surface area contributed by atoms with Gasteiger partial charge in [0.15, 0.2) is 5.13 Å². The molecule has 1 saturated heterocycles. The Balaban J connectivity index is 0.000000358. The molecule has 1 amide bonds. The van der Waals surface area contributed by atoms with Gasteiger partial charge in [0.05, 0.1) is 18.8 Å². The quantitative estimate of drug-likeness (QED) is 0.120. The van der Waals surface area contributed by atoms with Crippen LogP contribution in [0.2, 0.25) is 0 Å². The van der Waals surface area contributed by atoms with Gasteiger partial charge in [-0.1, -0.05) is 5.16 Å². The molecule has 16 heteroatoms. The Morgan fingerprint density at radius 3 is 2.51 bits per heavy atom. The number of aromatic nitrogens is 1. The van der Waals surface area contributed by atoms with E-state index in [1.54, 1.807) is 14.0 Å². The maximum Gasteiger partial charge on any atom is 1.00 e. The topological polar surface area (TPSA) is 197 Å². The summed E-state index contributed by atoms with van der Waals surface area (Å²) in [5.41, 5.74) is 4.56. The van der Waals surface area contributed by atoms with E-state index in [0.717, 1.165) is 0 Å². The number of carboxylic acids is 2. The number of methoxy groups -OCH3 is 1. The Bertz CT molecular complexity index is 1060. The standard InChI is InChI=1S/C11H15N3O5S.C8H10N2O3S.Rb/c1-11(2,9(17)18-4)19-14-7(8(15)16)6-5-20-10(12-3)13-6;1-3-2-14-7-4(9)6(11)10(7)5(3)8(12)13;/h5H,1-4H3,(H,12,13)(H,15,16);4,7H,2,9H2,1H3,(H,12,13);/q;;+1/p-1/b14-7-;;. The third kappa shape index (κ3) is 7.33. The van der Waals surface area contributed by atoms with Crippen molar-refractivity contribution >= 4 is 57.8 Å². The summed E-state index contributed by atoms with van der Waals surface area (Å²) in [5, 5.41) is 28.1. The number of hydrogen-bond acceptors (Lipinski definition) is 13. The number of oxime groups is 1. The van der Waals surface area contributed by atoms with Crippen molar-refractivity contribution in [2.45, 2.75) is 37.8 Å². The number of thiazole rings is 1. The molecule has 2 aliphatic heterocycles. The van der Waals surface area contributed by atoms with E-state index in [-0.39, 0.29) is 86.6 Å². The number of carbonyl (C=O) groups excluding carboxylic acids is 3. The number of nitrogens with one attached hydrogen (secondary N) is 1. The van der Waals surface area contributed by atoms with Crippen molar-refractivity contribution in [3.05, 3.63) is 22.3 Å². The van der Waals surface area contributed by atoms with Gasteiger partial charge in [-0.15, -0.1) is 23.1 Å². The number of rotatable bonds is 7. The van der Waals surface area contributed by atoms with Crippen LogP contribution < -0.4 is 74.3 Å². The fraction of sp³-hybridized carbons (Fsp3) is 0.474. The van der Waals surface area contributed by atoms with Crippen molar-refractivity contribution in [2.75, 3.05) is 25.2 Å². The Labute approximate surface area is 258 Å². The number of fused-ring (bicyclic) bond motifs is 1. The van der Waals surface area contributed by atoms with Crippen LogP contribution in [0, 0.1) is 0 Å². The molecular weight excluding hydrogens is 576 g/mol. The minimum absolute atomic E-state index is 0. The van der Waals surface area contributed by atoms with Gasteiger partial charge in [-0.2, -0.15) is 0 Å². The van der Waals surface area contributed by atoms with Gasteiger partial charge in [-0.25, -0.2) is 14.6 Å². The molecule has 2 unspecified atom stereocenters. The number of hydrogen-bond donors (Lipinski definition) is 3. The molecule has 0 saturated carbocycles. The van der Waals surface area contributed by atoms with Gasteiger partial charge >= 0.3 is 70.1 Å². The van der Waals surface area contributed by atoms with Gasteiger partial charge in [0.2, 0.25) is 17.2 Å². The molecule has 2 atom stereocenters. The molecule has 0 bridgehead atoms. The molecule has 35 heavy (non-hydrogen) atoms. The van der Waals surface area contributed by atoms with Crippen LogP contribution in [0.1, 0.15) is 26.5 Å². The van der Waals surface area contributed by atoms with Gasteiger partial charge in [0, 0.05) is 18.2 Å². The van der Waals surface area contributed by atoms with Crippen LogP contribution in [0.25, 0.3) is 0 Å². The Morgan fingerprint density at radius 2 is 2.03 bits per heavy atom. The second kappa shape index (κ2) is 13.3. The fourth-order valence-corrected chi connectivity index (χ4v) is 4.69. The molecule has 0 spiro atoms. The van der Waals surface area contributed by atoms with E-state index in [0.29, 0.717) is 16.5 Å². The number of ether oxygens (including phenoxy) is 1. The summed E-state index contributed by atoms with van der Waals surface area (Å²) < 4.78 is 4.53. The minimum atomic E-state index is -1.39. The van der Waals surface area contributed by atoms with Crippen LogP contribution >= 0.6 is 23.1 Å². The molecule has 186 valence electrons. The van der Waals surface area contributed by atoms with Gasteiger partial charge < -0.3 is 35.6 Å². The number of nitrogens with two attached hydrogens (primary N) is 1. The predicted molar refractivity (Wildman–Crippen MR) is 122 cm³/mol. The number of amides is 1. The largest absolute Gasteiger partial charge is 1.00 e. The first kappa shape index (κ1) is 31.7. The monoisotopic (exact) mass is 599 g/mol. The summed E-state index contributed by atoms with van der Waals surface area (Å²) in [4.78, 5) is 54.9. The zero-order valence-electron chi connectivity index (χ0n) is 20.0. The van der Waals surface area contributed by atoms with Gasteiger partial charge in [0.1, 0.15) is 17.1 Å². The zero-order chi connectivity index (χ0) is 25.8. The van der Waals surface area contributed by atoms with E-state index in [1.807, 2.05) is 0 Å². The second-order valence-corrected chi connectivity index (χ2v) is 9.44. The number of carbonyl (C=O) groups is 4. The summed E-state index contributed by atoms with van der Waals surface area (Å²) in [5.74, 6) is -3.02. The van der Waals surface area contributed by atoms with E-state index < -0.39 is 29.6 Å². The van der Waals surface area contributed by atoms with Gasteiger partial charge in [0.25, 0.3) is 0 Å². The summed E-state index contributed by atoms with van der Waals surface area (Å²) >= 11 is 2.71. The average Bonchev–Trinajstić information content (AvgIpc) is 3.26. The smallest absolute Gasteiger partial charge is 0.543 e. The number of esters is 1. The maximum atomic E-state index is 11.4. The van der Waals surface area contributed by atoms with Crippen molar-refractivity contribution < 1.29 is 97.2 Å². The number of aliphatic carboxylic acids is 2. The molecule has 0 aliphatic carbocycles. The molecule has 13 nitrogen and oxygen atoms in total. The summed E-state index contributed by atoms with van der Waals surface area (Å²) in [7, 11) is 2.87. The number of β-lactam (4-membered cyclic amide) rings is 1. The Hall–Kier alpha value is -1.36. The molecule has 0 aromatic carbocycles. The summed E-state index contributed by atoms with van der Waals surface area (Å²) in [6.07, 6.45) is 0. The van der Waals surface area contributed by atoms with Gasteiger partial charge in [-0.3, -0.25) is 9.69 Å². The molecule has 2 aliphatic rings. The third-order valence-electron chi connectivity index (χ3n) is 4.60. The number of thioether (sulfide) groups is 1. The normalized spacial score (nSPS) is 19.3. The predicted octanol–water partition coefficient (Wildman–Crippen LogP) is -3.80. The molecule has 3 rings (SSSR count). The van der Waals surface area contributed by atoms with Crippen LogP contribution in [-0.2, 0) is 28.8 Å². The first-order chi connectivity index (χ1) is 15.8. The van der Waals surface area contributed by atoms with E-state index in [4.69, 9.17) is 15.7 Å². The van der Waals surface area contributed by atoms with Gasteiger partial charge in [-0.05, 0) is 26.3 Å². The van der Waals surface area contributed by atoms with E-state index >= 15 is 0 Å². The first-order valence-electron chi connectivity index (χ1n) is 9.68. The van der Waals surface area contributed by atoms with Crippen LogP contribution in [-0.4, -0.2) is 81.4 Å². The molecule has 1 aromatic rings. The average molecular weight is 600 g/mol.